The van der Waals surface area contributed by atoms with Gasteiger partial charge in [-0.25, -0.2) is 4.98 Å². The quantitative estimate of drug-likeness (QED) is 0.290. The zero-order valence-corrected chi connectivity index (χ0v) is 20.1. The zero-order chi connectivity index (χ0) is 23.1. The molecule has 33 heavy (non-hydrogen) atoms. The molecule has 0 amide bonds. The molecule has 2 aromatic carbocycles. The minimum atomic E-state index is -0.430. The molecule has 1 N–H and O–H groups in total. The fraction of sp³-hybridized carbons (Fsp3) is 0.0435. The van der Waals surface area contributed by atoms with Gasteiger partial charge in [-0.3, -0.25) is 9.78 Å². The lowest BCUT2D eigenvalue weighted by atomic mass is 10.0. The van der Waals surface area contributed by atoms with Crippen LogP contribution in [-0.2, 0) is 0 Å². The Labute approximate surface area is 206 Å². The van der Waals surface area contributed by atoms with Gasteiger partial charge in [0.15, 0.2) is 12.2 Å². The van der Waals surface area contributed by atoms with Crippen LogP contribution in [0.3, 0.4) is 0 Å². The molecular formula is C23H14BrCl2N5O2. The van der Waals surface area contributed by atoms with Crippen LogP contribution in [0.1, 0.15) is 0 Å². The number of nitrogens with one attached hydrogen (secondary N) is 1. The molecule has 0 aliphatic rings. The van der Waals surface area contributed by atoms with Crippen molar-refractivity contribution in [2.45, 2.75) is 0 Å². The first-order valence-electron chi connectivity index (χ1n) is 9.71. The van der Waals surface area contributed by atoms with Gasteiger partial charge in [0.1, 0.15) is 16.9 Å². The van der Waals surface area contributed by atoms with Crippen molar-refractivity contribution in [2.75, 3.05) is 12.4 Å². The molecule has 7 nitrogen and oxygen atoms in total. The Morgan fingerprint density at radius 2 is 1.85 bits per heavy atom. The van der Waals surface area contributed by atoms with Crippen LogP contribution in [0.4, 0.5) is 5.69 Å². The lowest BCUT2D eigenvalue weighted by molar-refractivity contribution is 0.572. The molecule has 10 heteroatoms. The van der Waals surface area contributed by atoms with E-state index in [4.69, 9.17) is 27.6 Å². The van der Waals surface area contributed by atoms with E-state index in [1.54, 1.807) is 43.7 Å². The Bertz CT molecular complexity index is 1540. The van der Waals surface area contributed by atoms with Gasteiger partial charge in [-0.2, -0.15) is 9.78 Å². The highest BCUT2D eigenvalue weighted by atomic mass is 79.9. The maximum absolute atomic E-state index is 13.4. The fourth-order valence-electron chi connectivity index (χ4n) is 3.57. The first-order chi connectivity index (χ1) is 16.0. The Balaban J connectivity index is 1.83. The van der Waals surface area contributed by atoms with Crippen molar-refractivity contribution >= 4 is 55.7 Å². The summed E-state index contributed by atoms with van der Waals surface area (Å²) in [7, 11) is 1.75. The molecule has 0 aliphatic heterocycles. The van der Waals surface area contributed by atoms with Gasteiger partial charge in [0.2, 0.25) is 0 Å². The van der Waals surface area contributed by atoms with Crippen LogP contribution in [0.15, 0.2) is 74.9 Å². The van der Waals surface area contributed by atoms with Crippen molar-refractivity contribution in [3.8, 4) is 28.3 Å². The van der Waals surface area contributed by atoms with E-state index in [-0.39, 0.29) is 21.2 Å². The average Bonchev–Trinajstić information content (AvgIpc) is 3.35. The molecule has 0 radical (unpaired) electrons. The summed E-state index contributed by atoms with van der Waals surface area (Å²) in [6.45, 7) is 0. The van der Waals surface area contributed by atoms with E-state index in [1.165, 1.54) is 11.1 Å². The standard InChI is InChI=1S/C23H14BrCl2N5O2/c1-27-15-8-17(25)22(18(26)9-15)31-23(32)21-16(3-2-4-29-21)20(30-31)13-5-12(6-14(24)7-13)19-10-28-11-33-19/h2-11,27H,1H3. The minimum Gasteiger partial charge on any atom is -0.444 e. The third-order valence-corrected chi connectivity index (χ3v) is 6.10. The molecule has 0 atom stereocenters. The summed E-state index contributed by atoms with van der Waals surface area (Å²) in [5, 5.41) is 8.83. The number of aromatic nitrogens is 4. The second-order valence-corrected chi connectivity index (χ2v) is 8.83. The molecule has 0 saturated heterocycles. The van der Waals surface area contributed by atoms with Crippen molar-refractivity contribution in [1.29, 1.82) is 0 Å². The number of rotatable bonds is 4. The Hall–Kier alpha value is -3.20. The minimum absolute atomic E-state index is 0.244. The van der Waals surface area contributed by atoms with Crippen molar-refractivity contribution in [3.05, 3.63) is 86.1 Å². The molecule has 164 valence electrons. The maximum Gasteiger partial charge on any atom is 0.298 e. The first-order valence-corrected chi connectivity index (χ1v) is 11.3. The summed E-state index contributed by atoms with van der Waals surface area (Å²) in [6, 6.07) is 12.6. The predicted molar refractivity (Wildman–Crippen MR) is 133 cm³/mol. The van der Waals surface area contributed by atoms with Crippen LogP contribution < -0.4 is 10.9 Å². The molecular weight excluding hydrogens is 529 g/mol. The van der Waals surface area contributed by atoms with Gasteiger partial charge in [-0.15, -0.1) is 0 Å². The van der Waals surface area contributed by atoms with Gasteiger partial charge >= 0.3 is 0 Å². The molecule has 0 unspecified atom stereocenters. The molecule has 3 aromatic heterocycles. The third-order valence-electron chi connectivity index (χ3n) is 5.06. The summed E-state index contributed by atoms with van der Waals surface area (Å²) >= 11 is 16.6. The van der Waals surface area contributed by atoms with E-state index in [9.17, 15) is 4.79 Å². The van der Waals surface area contributed by atoms with Crippen LogP contribution in [-0.4, -0.2) is 26.8 Å². The predicted octanol–water partition coefficient (Wildman–Crippen LogP) is 6.21. The molecule has 0 saturated carbocycles. The third kappa shape index (κ3) is 3.90. The van der Waals surface area contributed by atoms with Crippen LogP contribution in [0.2, 0.25) is 10.0 Å². The highest BCUT2D eigenvalue weighted by Gasteiger charge is 2.19. The van der Waals surface area contributed by atoms with E-state index in [2.05, 4.69) is 36.3 Å². The molecule has 0 fully saturated rings. The highest BCUT2D eigenvalue weighted by molar-refractivity contribution is 9.10. The average molecular weight is 543 g/mol. The topological polar surface area (TPSA) is 85.8 Å². The summed E-state index contributed by atoms with van der Waals surface area (Å²) in [5.41, 5.74) is 2.87. The monoisotopic (exact) mass is 541 g/mol. The van der Waals surface area contributed by atoms with Gasteiger partial charge in [-0.1, -0.05) is 39.1 Å². The van der Waals surface area contributed by atoms with Crippen LogP contribution >= 0.6 is 39.1 Å². The number of oxazole rings is 1. The SMILES string of the molecule is CNc1cc(Cl)c(-n2nc(-c3cc(Br)cc(-c4cnco4)c3)c3cccnc3c2=O)c(Cl)c1. The lowest BCUT2D eigenvalue weighted by Crippen LogP contribution is -2.23. The summed E-state index contributed by atoms with van der Waals surface area (Å²) < 4.78 is 7.46. The molecule has 0 aliphatic carbocycles. The Kier molecular flexibility index (Phi) is 5.65. The van der Waals surface area contributed by atoms with Gasteiger partial charge in [0.05, 0.1) is 16.2 Å². The summed E-state index contributed by atoms with van der Waals surface area (Å²) in [6.07, 6.45) is 4.56. The fourth-order valence-corrected chi connectivity index (χ4v) is 4.71. The van der Waals surface area contributed by atoms with Crippen molar-refractivity contribution in [1.82, 2.24) is 19.7 Å². The number of hydrogen-bond acceptors (Lipinski definition) is 6. The Morgan fingerprint density at radius 1 is 1.09 bits per heavy atom. The lowest BCUT2D eigenvalue weighted by Gasteiger charge is -2.15. The van der Waals surface area contributed by atoms with E-state index in [0.717, 1.165) is 15.6 Å². The van der Waals surface area contributed by atoms with Crippen LogP contribution in [0, 0.1) is 0 Å². The molecule has 0 bridgehead atoms. The van der Waals surface area contributed by atoms with Crippen molar-refractivity contribution < 1.29 is 4.42 Å². The normalized spacial score (nSPS) is 11.2. The van der Waals surface area contributed by atoms with Gasteiger partial charge in [0.25, 0.3) is 5.56 Å². The van der Waals surface area contributed by atoms with E-state index in [1.807, 2.05) is 18.2 Å². The number of pyridine rings is 1. The van der Waals surface area contributed by atoms with E-state index in [0.29, 0.717) is 22.5 Å². The number of benzene rings is 2. The van der Waals surface area contributed by atoms with Gasteiger partial charge < -0.3 is 9.73 Å². The number of anilines is 1. The highest BCUT2D eigenvalue weighted by Crippen LogP contribution is 2.35. The number of nitrogens with zero attached hydrogens (tertiary/aromatic N) is 4. The molecule has 5 aromatic rings. The van der Waals surface area contributed by atoms with E-state index < -0.39 is 5.56 Å². The summed E-state index contributed by atoms with van der Waals surface area (Å²) in [5.74, 6) is 0.599. The zero-order valence-electron chi connectivity index (χ0n) is 17.0. The second kappa shape index (κ2) is 8.62. The maximum atomic E-state index is 13.4. The van der Waals surface area contributed by atoms with E-state index >= 15 is 0 Å². The Morgan fingerprint density at radius 3 is 2.55 bits per heavy atom. The smallest absolute Gasteiger partial charge is 0.298 e. The molecule has 3 heterocycles. The number of fused-ring (bicyclic) bond motifs is 1. The summed E-state index contributed by atoms with van der Waals surface area (Å²) in [4.78, 5) is 21.7. The second-order valence-electron chi connectivity index (χ2n) is 7.10. The molecule has 0 spiro atoms. The number of hydrogen-bond donors (Lipinski definition) is 1. The molecule has 5 rings (SSSR count). The van der Waals surface area contributed by atoms with Crippen LogP contribution in [0.25, 0.3) is 39.2 Å². The van der Waals surface area contributed by atoms with Crippen LogP contribution in [0.5, 0.6) is 0 Å². The van der Waals surface area contributed by atoms with Crippen molar-refractivity contribution in [2.24, 2.45) is 0 Å². The number of halogens is 3. The largest absolute Gasteiger partial charge is 0.444 e. The first kappa shape index (κ1) is 21.6. The van der Waals surface area contributed by atoms with Crippen molar-refractivity contribution in [3.63, 3.8) is 0 Å². The van der Waals surface area contributed by atoms with Gasteiger partial charge in [-0.05, 0) is 42.5 Å². The van der Waals surface area contributed by atoms with Gasteiger partial charge in [0, 0.05) is 39.9 Å².